The van der Waals surface area contributed by atoms with E-state index in [0.717, 1.165) is 29.2 Å². The van der Waals surface area contributed by atoms with E-state index in [0.29, 0.717) is 41.8 Å². The van der Waals surface area contributed by atoms with Gasteiger partial charge in [-0.05, 0) is 67.9 Å². The quantitative estimate of drug-likeness (QED) is 0.339. The smallest absolute Gasteiger partial charge is 0.433 e. The number of nitrogens with one attached hydrogen (secondary N) is 1. The van der Waals surface area contributed by atoms with Crippen LogP contribution in [0.2, 0.25) is 0 Å². The number of benzene rings is 1. The number of hydrogen-bond acceptors (Lipinski definition) is 7. The first-order chi connectivity index (χ1) is 17.0. The predicted octanol–water partition coefficient (Wildman–Crippen LogP) is 5.72. The van der Waals surface area contributed by atoms with Crippen LogP contribution in [0, 0.1) is 18.8 Å². The van der Waals surface area contributed by atoms with Crippen molar-refractivity contribution in [3.05, 3.63) is 52.9 Å². The summed E-state index contributed by atoms with van der Waals surface area (Å²) in [6, 6.07) is 6.02. The number of carbonyl (C=O) groups is 1. The molecule has 1 aromatic carbocycles. The Morgan fingerprint density at radius 3 is 2.53 bits per heavy atom. The molecule has 0 radical (unpaired) electrons. The lowest BCUT2D eigenvalue weighted by atomic mass is 9.74. The fourth-order valence-electron chi connectivity index (χ4n) is 4.47. The topological polar surface area (TPSA) is 108 Å². The second kappa shape index (κ2) is 10.1. The Balaban J connectivity index is 1.57. The van der Waals surface area contributed by atoms with Crippen molar-refractivity contribution in [1.82, 2.24) is 15.0 Å². The van der Waals surface area contributed by atoms with Crippen LogP contribution in [-0.4, -0.2) is 37.8 Å². The molecule has 0 amide bonds. The van der Waals surface area contributed by atoms with E-state index in [1.807, 2.05) is 13.0 Å². The zero-order chi connectivity index (χ0) is 26.1. The van der Waals surface area contributed by atoms with E-state index >= 15 is 0 Å². The van der Waals surface area contributed by atoms with Crippen molar-refractivity contribution in [2.75, 3.05) is 12.0 Å². The fourth-order valence-corrected chi connectivity index (χ4v) is 5.52. The summed E-state index contributed by atoms with van der Waals surface area (Å²) >= 11 is 1.12. The van der Waals surface area contributed by atoms with E-state index in [1.165, 1.54) is 6.20 Å². The van der Waals surface area contributed by atoms with E-state index in [2.05, 4.69) is 20.3 Å². The van der Waals surface area contributed by atoms with Crippen LogP contribution in [0.1, 0.15) is 41.9 Å². The third kappa shape index (κ3) is 5.49. The van der Waals surface area contributed by atoms with Gasteiger partial charge in [-0.25, -0.2) is 19.3 Å². The Kier molecular flexibility index (Phi) is 7.28. The van der Waals surface area contributed by atoms with Crippen LogP contribution in [0.5, 0.6) is 0 Å². The zero-order valence-electron chi connectivity index (χ0n) is 19.2. The van der Waals surface area contributed by atoms with Crippen LogP contribution in [0.4, 0.5) is 29.2 Å². The molecule has 1 fully saturated rings. The highest BCUT2D eigenvalue weighted by Gasteiger charge is 2.44. The number of aliphatic carboxylic acids is 1. The summed E-state index contributed by atoms with van der Waals surface area (Å²) in [6.07, 6.45) is -0.578. The van der Waals surface area contributed by atoms with Gasteiger partial charge in [0.1, 0.15) is 23.0 Å². The SMILES string of the molecule is Cc1cc(Nc2nccc(C(F)(F)F)n2)cc(-c2cnc(C(O)(CF)[C@H]3CC[C@H](C(=O)O)CC3)s2)c1. The molecule has 7 nitrogen and oxygen atoms in total. The second-order valence-electron chi connectivity index (χ2n) is 8.95. The molecule has 2 aromatic heterocycles. The van der Waals surface area contributed by atoms with Crippen molar-refractivity contribution >= 4 is 28.9 Å². The average molecular weight is 525 g/mol. The van der Waals surface area contributed by atoms with E-state index in [-0.39, 0.29) is 11.0 Å². The molecule has 1 unspecified atom stereocenters. The maximum absolute atomic E-state index is 14.2. The molecule has 1 saturated carbocycles. The van der Waals surface area contributed by atoms with Gasteiger partial charge >= 0.3 is 12.1 Å². The largest absolute Gasteiger partial charge is 0.481 e. The summed E-state index contributed by atoms with van der Waals surface area (Å²) in [4.78, 5) is 23.5. The van der Waals surface area contributed by atoms with Gasteiger partial charge in [0, 0.05) is 18.1 Å². The first-order valence-electron chi connectivity index (χ1n) is 11.3. The maximum Gasteiger partial charge on any atom is 0.433 e. The van der Waals surface area contributed by atoms with Crippen molar-refractivity contribution < 1.29 is 32.6 Å². The van der Waals surface area contributed by atoms with Crippen molar-refractivity contribution in [1.29, 1.82) is 0 Å². The number of anilines is 2. The molecule has 192 valence electrons. The molecular formula is C24H24F4N4O3S. The Morgan fingerprint density at radius 2 is 1.89 bits per heavy atom. The average Bonchev–Trinajstić information content (AvgIpc) is 3.34. The molecule has 3 aromatic rings. The summed E-state index contributed by atoms with van der Waals surface area (Å²) in [5.41, 5.74) is -0.966. The molecule has 0 aliphatic heterocycles. The molecule has 1 atom stereocenters. The lowest BCUT2D eigenvalue weighted by Gasteiger charge is -2.36. The van der Waals surface area contributed by atoms with Gasteiger partial charge in [0.05, 0.1) is 10.8 Å². The van der Waals surface area contributed by atoms with Gasteiger partial charge in [-0.3, -0.25) is 4.79 Å². The Bertz CT molecular complexity index is 1240. The van der Waals surface area contributed by atoms with Gasteiger partial charge < -0.3 is 15.5 Å². The van der Waals surface area contributed by atoms with Crippen LogP contribution in [0.3, 0.4) is 0 Å². The molecule has 1 aliphatic rings. The molecule has 2 heterocycles. The third-order valence-electron chi connectivity index (χ3n) is 6.40. The summed E-state index contributed by atoms with van der Waals surface area (Å²) in [6.45, 7) is 0.762. The van der Waals surface area contributed by atoms with Crippen molar-refractivity contribution in [2.45, 2.75) is 44.4 Å². The number of alkyl halides is 4. The van der Waals surface area contributed by atoms with Crippen LogP contribution < -0.4 is 5.32 Å². The van der Waals surface area contributed by atoms with E-state index in [9.17, 15) is 32.6 Å². The number of hydrogen-bond donors (Lipinski definition) is 3. The van der Waals surface area contributed by atoms with Crippen molar-refractivity contribution in [3.63, 3.8) is 0 Å². The molecule has 3 N–H and O–H groups in total. The number of carboxylic acids is 1. The number of aromatic nitrogens is 3. The minimum Gasteiger partial charge on any atom is -0.481 e. The Labute approximate surface area is 208 Å². The lowest BCUT2D eigenvalue weighted by molar-refractivity contribution is -0.144. The van der Waals surface area contributed by atoms with Crippen LogP contribution in [-0.2, 0) is 16.6 Å². The summed E-state index contributed by atoms with van der Waals surface area (Å²) in [5, 5.41) is 23.4. The molecule has 0 saturated heterocycles. The van der Waals surface area contributed by atoms with Gasteiger partial charge in [0.15, 0.2) is 0 Å². The fraction of sp³-hybridized carbons (Fsp3) is 0.417. The van der Waals surface area contributed by atoms with E-state index < -0.39 is 42.0 Å². The number of aryl methyl sites for hydroxylation is 1. The number of thiazole rings is 1. The number of carboxylic acid groups (broad SMARTS) is 1. The molecule has 12 heteroatoms. The molecule has 36 heavy (non-hydrogen) atoms. The second-order valence-corrected chi connectivity index (χ2v) is 9.98. The van der Waals surface area contributed by atoms with Gasteiger partial charge in [-0.2, -0.15) is 13.2 Å². The summed E-state index contributed by atoms with van der Waals surface area (Å²) in [5.74, 6) is -2.04. The van der Waals surface area contributed by atoms with Gasteiger partial charge in [-0.15, -0.1) is 11.3 Å². The molecule has 1 aliphatic carbocycles. The Morgan fingerprint density at radius 1 is 1.17 bits per heavy atom. The monoisotopic (exact) mass is 524 g/mol. The number of aliphatic hydroxyl groups is 1. The van der Waals surface area contributed by atoms with E-state index in [4.69, 9.17) is 0 Å². The van der Waals surface area contributed by atoms with Gasteiger partial charge in [0.2, 0.25) is 5.95 Å². The van der Waals surface area contributed by atoms with Crippen LogP contribution in [0.25, 0.3) is 10.4 Å². The normalized spacial score (nSPS) is 20.1. The van der Waals surface area contributed by atoms with Crippen LogP contribution >= 0.6 is 11.3 Å². The summed E-state index contributed by atoms with van der Waals surface area (Å²) in [7, 11) is 0. The number of nitrogens with zero attached hydrogens (tertiary/aromatic N) is 3. The number of halogens is 4. The van der Waals surface area contributed by atoms with E-state index in [1.54, 1.807) is 12.1 Å². The molecule has 0 bridgehead atoms. The predicted molar refractivity (Wildman–Crippen MR) is 126 cm³/mol. The third-order valence-corrected chi connectivity index (χ3v) is 7.61. The van der Waals surface area contributed by atoms with Crippen LogP contribution in [0.15, 0.2) is 36.7 Å². The maximum atomic E-state index is 14.2. The standard InChI is InChI=1S/C24H24F4N4O3S/c1-13-8-15(10-17(9-13)31-22-29-7-6-19(32-22)24(26,27)28)18-11-30-21(36-18)23(35,12-25)16-4-2-14(3-5-16)20(33)34/h6-11,14,16,35H,2-5,12H2,1H3,(H,33,34)(H,29,31,32)/t14-,16-,23?. The lowest BCUT2D eigenvalue weighted by Crippen LogP contribution is -2.40. The molecule has 0 spiro atoms. The summed E-state index contributed by atoms with van der Waals surface area (Å²) < 4.78 is 53.1. The number of rotatable bonds is 7. The highest BCUT2D eigenvalue weighted by molar-refractivity contribution is 7.15. The Hall–Kier alpha value is -3.12. The van der Waals surface area contributed by atoms with Gasteiger partial charge in [-0.1, -0.05) is 6.07 Å². The highest BCUT2D eigenvalue weighted by atomic mass is 32.1. The van der Waals surface area contributed by atoms with Crippen molar-refractivity contribution in [3.8, 4) is 10.4 Å². The zero-order valence-corrected chi connectivity index (χ0v) is 20.0. The molecular weight excluding hydrogens is 500 g/mol. The first kappa shape index (κ1) is 26.0. The van der Waals surface area contributed by atoms with Gasteiger partial charge in [0.25, 0.3) is 0 Å². The minimum atomic E-state index is -4.60. The highest BCUT2D eigenvalue weighted by Crippen LogP contribution is 2.44. The first-order valence-corrected chi connectivity index (χ1v) is 12.1. The van der Waals surface area contributed by atoms with Crippen molar-refractivity contribution in [2.24, 2.45) is 11.8 Å². The molecule has 4 rings (SSSR count). The minimum absolute atomic E-state index is 0.205.